The van der Waals surface area contributed by atoms with Crippen LogP contribution in [0.2, 0.25) is 0 Å². The Kier molecular flexibility index (Phi) is 5.66. The number of carboxylic acids is 1. The summed E-state index contributed by atoms with van der Waals surface area (Å²) in [5, 5.41) is 8.11. The molecule has 0 aliphatic carbocycles. The molecule has 2 nitrogen and oxygen atoms in total. The second-order valence-corrected chi connectivity index (χ2v) is 4.65. The molecule has 0 atom stereocenters. The summed E-state index contributed by atoms with van der Waals surface area (Å²) in [5.74, 6) is -22.5. The predicted molar refractivity (Wildman–Crippen MR) is 50.5 cm³/mol. The van der Waals surface area contributed by atoms with Gasteiger partial charge in [-0.3, -0.25) is 4.79 Å². The minimum absolute atomic E-state index is 0.183. The molecule has 0 aromatic carbocycles. The Morgan fingerprint density at radius 2 is 1.35 bits per heavy atom. The normalized spacial score (nSPS) is 14.4. The quantitative estimate of drug-likeness (QED) is 0.569. The first-order valence-corrected chi connectivity index (χ1v) is 5.82. The molecule has 0 amide bonds. The number of halogens is 9. The largest absolute Gasteiger partial charge is 0.481 e. The molecule has 0 radical (unpaired) electrons. The van der Waals surface area contributed by atoms with E-state index >= 15 is 0 Å². The van der Waals surface area contributed by atoms with Crippen molar-refractivity contribution in [3.8, 4) is 0 Å². The van der Waals surface area contributed by atoms with Crippen molar-refractivity contribution >= 4 is 17.7 Å². The number of aliphatic carboxylic acids is 1. The molecule has 0 aliphatic rings. The highest BCUT2D eigenvalue weighted by Crippen LogP contribution is 2.54. The molecule has 0 aromatic rings. The third-order valence-electron chi connectivity index (χ3n) is 2.00. The third-order valence-corrected chi connectivity index (χ3v) is 2.94. The van der Waals surface area contributed by atoms with Crippen LogP contribution in [0.4, 0.5) is 39.5 Å². The lowest BCUT2D eigenvalue weighted by Crippen LogP contribution is -2.60. The molecule has 1 N–H and O–H groups in total. The van der Waals surface area contributed by atoms with Crippen LogP contribution in [0, 0.1) is 0 Å². The van der Waals surface area contributed by atoms with Gasteiger partial charge in [-0.1, -0.05) is 0 Å². The summed E-state index contributed by atoms with van der Waals surface area (Å²) in [5.41, 5.74) is 0. The van der Waals surface area contributed by atoms with E-state index in [0.717, 1.165) is 0 Å². The molecular formula is C8H7F9O2S. The van der Waals surface area contributed by atoms with Gasteiger partial charge in [0.1, 0.15) is 0 Å². The second-order valence-electron chi connectivity index (χ2n) is 3.55. The van der Waals surface area contributed by atoms with Gasteiger partial charge in [0.25, 0.3) is 0 Å². The molecule has 120 valence electrons. The average molecular weight is 338 g/mol. The van der Waals surface area contributed by atoms with Crippen molar-refractivity contribution in [2.75, 3.05) is 11.5 Å². The first kappa shape index (κ1) is 19.2. The van der Waals surface area contributed by atoms with Gasteiger partial charge >= 0.3 is 29.9 Å². The van der Waals surface area contributed by atoms with Crippen LogP contribution in [0.5, 0.6) is 0 Å². The summed E-state index contributed by atoms with van der Waals surface area (Å²) in [6.45, 7) is 0. The van der Waals surface area contributed by atoms with Gasteiger partial charge in [-0.05, 0) is 5.75 Å². The van der Waals surface area contributed by atoms with Gasteiger partial charge in [-0.2, -0.15) is 39.5 Å². The first-order chi connectivity index (χ1) is 8.67. The van der Waals surface area contributed by atoms with E-state index in [0.29, 0.717) is 0 Å². The average Bonchev–Trinajstić information content (AvgIpc) is 2.22. The van der Waals surface area contributed by atoms with Gasteiger partial charge in [0.2, 0.25) is 0 Å². The highest BCUT2D eigenvalue weighted by molar-refractivity contribution is 7.99. The summed E-state index contributed by atoms with van der Waals surface area (Å²) in [7, 11) is 0. The molecular weight excluding hydrogens is 331 g/mol. The fourth-order valence-corrected chi connectivity index (χ4v) is 1.64. The number of carboxylic acid groups (broad SMARTS) is 1. The molecule has 0 fully saturated rings. The third kappa shape index (κ3) is 3.85. The maximum absolute atomic E-state index is 12.9. The minimum Gasteiger partial charge on any atom is -0.481 e. The van der Waals surface area contributed by atoms with E-state index in [-0.39, 0.29) is 11.8 Å². The van der Waals surface area contributed by atoms with Crippen molar-refractivity contribution < 1.29 is 49.4 Å². The lowest BCUT2D eigenvalue weighted by atomic mass is 10.0. The topological polar surface area (TPSA) is 37.3 Å². The standard InChI is InChI=1S/C8H7F9O2S/c9-5(10,1-2-20-3-4(18)19)6(11,12)7(13,14)8(15,16)17/h1-3H2,(H,18,19). The van der Waals surface area contributed by atoms with Crippen molar-refractivity contribution in [2.45, 2.75) is 30.4 Å². The number of rotatable bonds is 7. The number of hydrogen-bond donors (Lipinski definition) is 1. The maximum Gasteiger partial charge on any atom is 0.460 e. The summed E-state index contributed by atoms with van der Waals surface area (Å²) >= 11 is 0.183. The lowest BCUT2D eigenvalue weighted by molar-refractivity contribution is -0.396. The summed E-state index contributed by atoms with van der Waals surface area (Å²) in [6, 6.07) is 0. The zero-order valence-corrected chi connectivity index (χ0v) is 10.1. The van der Waals surface area contributed by atoms with E-state index in [1.807, 2.05) is 0 Å². The molecule has 0 heterocycles. The Balaban J connectivity index is 4.93. The highest BCUT2D eigenvalue weighted by Gasteiger charge is 2.81. The molecule has 0 aliphatic heterocycles. The minimum atomic E-state index is -6.90. The lowest BCUT2D eigenvalue weighted by Gasteiger charge is -2.33. The highest BCUT2D eigenvalue weighted by atomic mass is 32.2. The zero-order chi connectivity index (χ0) is 16.4. The van der Waals surface area contributed by atoms with Crippen LogP contribution in [-0.4, -0.2) is 46.5 Å². The Labute approximate surface area is 110 Å². The Morgan fingerprint density at radius 1 is 0.900 bits per heavy atom. The smallest absolute Gasteiger partial charge is 0.460 e. The number of thioether (sulfide) groups is 1. The molecule has 20 heavy (non-hydrogen) atoms. The van der Waals surface area contributed by atoms with Gasteiger partial charge in [-0.15, -0.1) is 11.8 Å². The molecule has 0 spiro atoms. The maximum atomic E-state index is 12.9. The van der Waals surface area contributed by atoms with Crippen LogP contribution in [-0.2, 0) is 4.79 Å². The first-order valence-electron chi connectivity index (χ1n) is 4.66. The Morgan fingerprint density at radius 3 is 1.70 bits per heavy atom. The van der Waals surface area contributed by atoms with Crippen molar-refractivity contribution in [1.82, 2.24) is 0 Å². The zero-order valence-electron chi connectivity index (χ0n) is 9.29. The van der Waals surface area contributed by atoms with Crippen molar-refractivity contribution in [3.63, 3.8) is 0 Å². The number of alkyl halides is 9. The van der Waals surface area contributed by atoms with E-state index in [4.69, 9.17) is 5.11 Å². The monoisotopic (exact) mass is 338 g/mol. The van der Waals surface area contributed by atoms with Crippen LogP contribution in [0.15, 0.2) is 0 Å². The van der Waals surface area contributed by atoms with Crippen molar-refractivity contribution in [2.24, 2.45) is 0 Å². The van der Waals surface area contributed by atoms with E-state index < -0.39 is 47.8 Å². The van der Waals surface area contributed by atoms with E-state index in [1.54, 1.807) is 0 Å². The summed E-state index contributed by atoms with van der Waals surface area (Å²) in [6.07, 6.45) is -8.86. The van der Waals surface area contributed by atoms with Gasteiger partial charge in [0, 0.05) is 6.42 Å². The van der Waals surface area contributed by atoms with E-state index in [1.165, 1.54) is 0 Å². The molecule has 12 heteroatoms. The fourth-order valence-electron chi connectivity index (χ4n) is 0.925. The summed E-state index contributed by atoms with van der Waals surface area (Å²) < 4.78 is 111. The predicted octanol–water partition coefficient (Wildman–Crippen LogP) is 3.66. The Bertz CT molecular complexity index is 352. The van der Waals surface area contributed by atoms with Crippen LogP contribution in [0.1, 0.15) is 6.42 Å². The Hall–Kier alpha value is -0.810. The van der Waals surface area contributed by atoms with Gasteiger partial charge in [-0.25, -0.2) is 0 Å². The summed E-state index contributed by atoms with van der Waals surface area (Å²) in [4.78, 5) is 9.99. The second kappa shape index (κ2) is 5.90. The van der Waals surface area contributed by atoms with Crippen LogP contribution < -0.4 is 0 Å². The molecule has 0 saturated carbocycles. The van der Waals surface area contributed by atoms with E-state index in [2.05, 4.69) is 0 Å². The molecule has 0 unspecified atom stereocenters. The van der Waals surface area contributed by atoms with Crippen LogP contribution in [0.25, 0.3) is 0 Å². The van der Waals surface area contributed by atoms with Crippen LogP contribution in [0.3, 0.4) is 0 Å². The van der Waals surface area contributed by atoms with Gasteiger partial charge < -0.3 is 5.11 Å². The SMILES string of the molecule is O=C(O)CSCCC(F)(F)C(F)(F)C(F)(F)C(F)(F)F. The van der Waals surface area contributed by atoms with Crippen LogP contribution >= 0.6 is 11.8 Å². The van der Waals surface area contributed by atoms with Crippen molar-refractivity contribution in [1.29, 1.82) is 0 Å². The molecule has 0 saturated heterocycles. The molecule has 0 aromatic heterocycles. The molecule has 0 bridgehead atoms. The number of hydrogen-bond acceptors (Lipinski definition) is 2. The fraction of sp³-hybridized carbons (Fsp3) is 0.875. The van der Waals surface area contributed by atoms with Gasteiger partial charge in [0.05, 0.1) is 5.75 Å². The number of carbonyl (C=O) groups is 1. The van der Waals surface area contributed by atoms with Crippen molar-refractivity contribution in [3.05, 3.63) is 0 Å². The molecule has 0 rings (SSSR count). The van der Waals surface area contributed by atoms with Gasteiger partial charge in [0.15, 0.2) is 0 Å². The van der Waals surface area contributed by atoms with E-state index in [9.17, 15) is 44.3 Å².